The predicted octanol–water partition coefficient (Wildman–Crippen LogP) is 3.50. The SMILES string of the molecule is CC[C@@H](C)c1nc(C)c(Cc2ccccc2F)c(N2CCN(S(=O)(=O)CC)CC2)n1. The van der Waals surface area contributed by atoms with Crippen LogP contribution < -0.4 is 4.90 Å². The van der Waals surface area contributed by atoms with Gasteiger partial charge >= 0.3 is 0 Å². The largest absolute Gasteiger partial charge is 0.354 e. The summed E-state index contributed by atoms with van der Waals surface area (Å²) in [6.45, 7) is 9.78. The predicted molar refractivity (Wildman–Crippen MR) is 118 cm³/mol. The molecule has 30 heavy (non-hydrogen) atoms. The molecular formula is C22H31FN4O2S. The van der Waals surface area contributed by atoms with Gasteiger partial charge in [0.05, 0.1) is 5.75 Å². The van der Waals surface area contributed by atoms with Gasteiger partial charge in [-0.1, -0.05) is 32.0 Å². The summed E-state index contributed by atoms with van der Waals surface area (Å²) in [5.41, 5.74) is 2.36. The summed E-state index contributed by atoms with van der Waals surface area (Å²) >= 11 is 0. The molecule has 1 aliphatic rings. The molecule has 0 amide bonds. The van der Waals surface area contributed by atoms with Gasteiger partial charge < -0.3 is 4.90 Å². The van der Waals surface area contributed by atoms with Crippen molar-refractivity contribution in [1.82, 2.24) is 14.3 Å². The van der Waals surface area contributed by atoms with E-state index in [0.717, 1.165) is 29.3 Å². The number of aryl methyl sites for hydroxylation is 1. The van der Waals surface area contributed by atoms with Gasteiger partial charge in [0.15, 0.2) is 0 Å². The summed E-state index contributed by atoms with van der Waals surface area (Å²) in [6, 6.07) is 6.76. The first-order chi connectivity index (χ1) is 14.3. The molecule has 1 saturated heterocycles. The van der Waals surface area contributed by atoms with Crippen LogP contribution in [0.2, 0.25) is 0 Å². The van der Waals surface area contributed by atoms with E-state index in [4.69, 9.17) is 9.97 Å². The number of hydrogen-bond donors (Lipinski definition) is 0. The van der Waals surface area contributed by atoms with Crippen molar-refractivity contribution in [1.29, 1.82) is 0 Å². The monoisotopic (exact) mass is 434 g/mol. The summed E-state index contributed by atoms with van der Waals surface area (Å²) < 4.78 is 40.3. The lowest BCUT2D eigenvalue weighted by Crippen LogP contribution is -2.49. The molecule has 0 radical (unpaired) electrons. The Balaban J connectivity index is 1.96. The second-order valence-corrected chi connectivity index (χ2v) is 10.1. The van der Waals surface area contributed by atoms with E-state index >= 15 is 0 Å². The highest BCUT2D eigenvalue weighted by Crippen LogP contribution is 2.28. The molecule has 1 aromatic carbocycles. The number of piperazine rings is 1. The smallest absolute Gasteiger partial charge is 0.213 e. The Kier molecular flexibility index (Phi) is 7.08. The Morgan fingerprint density at radius 3 is 2.37 bits per heavy atom. The van der Waals surface area contributed by atoms with Crippen molar-refractivity contribution in [2.75, 3.05) is 36.8 Å². The molecule has 1 aliphatic heterocycles. The molecule has 0 unspecified atom stereocenters. The van der Waals surface area contributed by atoms with Crippen molar-refractivity contribution >= 4 is 15.8 Å². The van der Waals surface area contributed by atoms with Crippen molar-refractivity contribution in [3.63, 3.8) is 0 Å². The van der Waals surface area contributed by atoms with E-state index in [1.54, 1.807) is 23.4 Å². The Bertz CT molecular complexity index is 989. The average Bonchev–Trinajstić information content (AvgIpc) is 2.75. The van der Waals surface area contributed by atoms with E-state index < -0.39 is 10.0 Å². The highest BCUT2D eigenvalue weighted by Gasteiger charge is 2.28. The number of rotatable bonds is 7. The summed E-state index contributed by atoms with van der Waals surface area (Å²) in [6.07, 6.45) is 1.33. The van der Waals surface area contributed by atoms with E-state index in [0.29, 0.717) is 38.2 Å². The summed E-state index contributed by atoms with van der Waals surface area (Å²) in [7, 11) is -3.20. The van der Waals surface area contributed by atoms with Crippen LogP contribution >= 0.6 is 0 Å². The van der Waals surface area contributed by atoms with Gasteiger partial charge in [-0.05, 0) is 31.9 Å². The maximum atomic E-state index is 14.3. The van der Waals surface area contributed by atoms with E-state index in [1.807, 2.05) is 13.0 Å². The first kappa shape index (κ1) is 22.6. The lowest BCUT2D eigenvalue weighted by Gasteiger charge is -2.36. The van der Waals surface area contributed by atoms with Crippen LogP contribution in [0, 0.1) is 12.7 Å². The number of halogens is 1. The lowest BCUT2D eigenvalue weighted by molar-refractivity contribution is 0.384. The number of anilines is 1. The zero-order chi connectivity index (χ0) is 21.9. The summed E-state index contributed by atoms with van der Waals surface area (Å²) in [4.78, 5) is 11.7. The molecule has 0 aliphatic carbocycles. The Labute approximate surface area is 179 Å². The third-order valence-electron chi connectivity index (χ3n) is 5.88. The van der Waals surface area contributed by atoms with Gasteiger partial charge in [0.1, 0.15) is 17.5 Å². The van der Waals surface area contributed by atoms with E-state index in [-0.39, 0.29) is 17.5 Å². The molecule has 2 aromatic rings. The Morgan fingerprint density at radius 1 is 1.10 bits per heavy atom. The van der Waals surface area contributed by atoms with Crippen LogP contribution in [0.1, 0.15) is 55.8 Å². The molecule has 164 valence electrons. The third kappa shape index (κ3) is 4.81. The van der Waals surface area contributed by atoms with Gasteiger partial charge in [-0.2, -0.15) is 4.31 Å². The number of benzene rings is 1. The first-order valence-electron chi connectivity index (χ1n) is 10.6. The molecule has 1 aromatic heterocycles. The highest BCUT2D eigenvalue weighted by molar-refractivity contribution is 7.89. The zero-order valence-electron chi connectivity index (χ0n) is 18.2. The summed E-state index contributed by atoms with van der Waals surface area (Å²) in [5, 5.41) is 0. The van der Waals surface area contributed by atoms with Gasteiger partial charge in [0, 0.05) is 49.8 Å². The first-order valence-corrected chi connectivity index (χ1v) is 12.2. The van der Waals surface area contributed by atoms with Gasteiger partial charge in [0.2, 0.25) is 10.0 Å². The minimum absolute atomic E-state index is 0.107. The minimum atomic E-state index is -3.20. The van der Waals surface area contributed by atoms with Gasteiger partial charge in [0.25, 0.3) is 0 Å². The normalized spacial score (nSPS) is 16.6. The quantitative estimate of drug-likeness (QED) is 0.667. The molecule has 0 spiro atoms. The van der Waals surface area contributed by atoms with Crippen LogP contribution in [0.5, 0.6) is 0 Å². The number of sulfonamides is 1. The Morgan fingerprint density at radius 2 is 1.77 bits per heavy atom. The topological polar surface area (TPSA) is 66.4 Å². The highest BCUT2D eigenvalue weighted by atomic mass is 32.2. The molecule has 8 heteroatoms. The van der Waals surface area contributed by atoms with E-state index in [9.17, 15) is 12.8 Å². The number of nitrogens with zero attached hydrogens (tertiary/aromatic N) is 4. The Hall–Kier alpha value is -2.06. The molecule has 6 nitrogen and oxygen atoms in total. The minimum Gasteiger partial charge on any atom is -0.354 e. The number of aromatic nitrogens is 2. The fourth-order valence-corrected chi connectivity index (χ4v) is 4.75. The van der Waals surface area contributed by atoms with Crippen LogP contribution in [-0.2, 0) is 16.4 Å². The molecular weight excluding hydrogens is 403 g/mol. The van der Waals surface area contributed by atoms with Crippen molar-refractivity contribution < 1.29 is 12.8 Å². The average molecular weight is 435 g/mol. The molecule has 1 fully saturated rings. The number of hydrogen-bond acceptors (Lipinski definition) is 5. The molecule has 0 saturated carbocycles. The maximum Gasteiger partial charge on any atom is 0.213 e. The van der Waals surface area contributed by atoms with Crippen LogP contribution in [-0.4, -0.2) is 54.6 Å². The molecule has 0 bridgehead atoms. The van der Waals surface area contributed by atoms with Gasteiger partial charge in [-0.15, -0.1) is 0 Å². The van der Waals surface area contributed by atoms with Crippen molar-refractivity contribution in [3.05, 3.63) is 52.7 Å². The standard InChI is InChI=1S/C22H31FN4O2S/c1-5-16(3)21-24-17(4)19(15-18-9-7-8-10-20(18)23)22(25-21)26-11-13-27(14-12-26)30(28,29)6-2/h7-10,16H,5-6,11-15H2,1-4H3/t16-/m1/s1. The van der Waals surface area contributed by atoms with Crippen molar-refractivity contribution in [2.45, 2.75) is 46.5 Å². The second-order valence-electron chi connectivity index (χ2n) is 7.83. The van der Waals surface area contributed by atoms with Gasteiger partial charge in [-0.3, -0.25) is 0 Å². The molecule has 1 atom stereocenters. The fourth-order valence-electron chi connectivity index (χ4n) is 3.67. The summed E-state index contributed by atoms with van der Waals surface area (Å²) in [5.74, 6) is 1.66. The lowest BCUT2D eigenvalue weighted by atomic mass is 10.0. The maximum absolute atomic E-state index is 14.3. The molecule has 0 N–H and O–H groups in total. The van der Waals surface area contributed by atoms with Crippen LogP contribution in [0.15, 0.2) is 24.3 Å². The van der Waals surface area contributed by atoms with Crippen LogP contribution in [0.4, 0.5) is 10.2 Å². The van der Waals surface area contributed by atoms with Crippen LogP contribution in [0.25, 0.3) is 0 Å². The van der Waals surface area contributed by atoms with Crippen molar-refractivity contribution in [3.8, 4) is 0 Å². The fraction of sp³-hybridized carbons (Fsp3) is 0.545. The van der Waals surface area contributed by atoms with Crippen molar-refractivity contribution in [2.24, 2.45) is 0 Å². The molecule has 3 rings (SSSR count). The van der Waals surface area contributed by atoms with E-state index in [1.165, 1.54) is 6.07 Å². The third-order valence-corrected chi connectivity index (χ3v) is 7.77. The second kappa shape index (κ2) is 9.39. The molecule has 2 heterocycles. The van der Waals surface area contributed by atoms with Gasteiger partial charge in [-0.25, -0.2) is 22.8 Å². The van der Waals surface area contributed by atoms with Crippen LogP contribution in [0.3, 0.4) is 0 Å². The van der Waals surface area contributed by atoms with E-state index in [2.05, 4.69) is 18.7 Å². The zero-order valence-corrected chi connectivity index (χ0v) is 19.0.